The zero-order chi connectivity index (χ0) is 21.4. The Hall–Kier alpha value is -3.00. The first-order valence-corrected chi connectivity index (χ1v) is 10.8. The van der Waals surface area contributed by atoms with Crippen molar-refractivity contribution in [1.82, 2.24) is 0 Å². The Morgan fingerprint density at radius 1 is 1.10 bits per heavy atom. The minimum absolute atomic E-state index is 0.0358. The summed E-state index contributed by atoms with van der Waals surface area (Å²) in [5.41, 5.74) is 2.29. The first-order valence-electron chi connectivity index (χ1n) is 9.10. The van der Waals surface area contributed by atoms with Gasteiger partial charge in [0.1, 0.15) is 11.5 Å². The Balaban J connectivity index is 2.17. The Kier molecular flexibility index (Phi) is 7.67. The summed E-state index contributed by atoms with van der Waals surface area (Å²) in [7, 11) is -0.304. The molecule has 0 bridgehead atoms. The number of benzene rings is 2. The molecule has 1 amide bonds. The van der Waals surface area contributed by atoms with Crippen molar-refractivity contribution in [2.45, 2.75) is 20.3 Å². The average molecular weight is 419 g/mol. The number of hydrogen-bond acceptors (Lipinski definition) is 5. The zero-order valence-corrected chi connectivity index (χ0v) is 17.8. The van der Waals surface area contributed by atoms with Gasteiger partial charge in [-0.05, 0) is 55.3 Å². The molecule has 2 N–H and O–H groups in total. The van der Waals surface area contributed by atoms with Gasteiger partial charge in [-0.2, -0.15) is 0 Å². The molecular formula is C21H26N2O5S. The molecule has 2 aromatic carbocycles. The van der Waals surface area contributed by atoms with Crippen LogP contribution in [0.25, 0.3) is 6.08 Å². The summed E-state index contributed by atoms with van der Waals surface area (Å²) in [6.45, 7) is 3.54. The van der Waals surface area contributed by atoms with E-state index in [1.54, 1.807) is 70.5 Å². The Morgan fingerprint density at radius 3 is 2.48 bits per heavy atom. The lowest BCUT2D eigenvalue weighted by Crippen LogP contribution is -2.17. The third kappa shape index (κ3) is 6.25. The van der Waals surface area contributed by atoms with Gasteiger partial charge in [-0.15, -0.1) is 0 Å². The number of carbonyl (C=O) groups is 1. The molecular weight excluding hydrogens is 392 g/mol. The number of ether oxygens (including phenoxy) is 2. The highest BCUT2D eigenvalue weighted by molar-refractivity contribution is 7.92. The van der Waals surface area contributed by atoms with Crippen molar-refractivity contribution in [3.8, 4) is 11.5 Å². The highest BCUT2D eigenvalue weighted by Crippen LogP contribution is 2.26. The van der Waals surface area contributed by atoms with Crippen LogP contribution in [0.4, 0.5) is 11.4 Å². The fourth-order valence-electron chi connectivity index (χ4n) is 2.68. The van der Waals surface area contributed by atoms with E-state index in [1.165, 1.54) is 6.08 Å². The first kappa shape index (κ1) is 22.3. The smallest absolute Gasteiger partial charge is 0.248 e. The number of sulfonamides is 1. The lowest BCUT2D eigenvalue weighted by Gasteiger charge is -2.13. The molecule has 7 nitrogen and oxygen atoms in total. The highest BCUT2D eigenvalue weighted by Gasteiger charge is 2.13. The maximum Gasteiger partial charge on any atom is 0.248 e. The number of amides is 1. The first-order chi connectivity index (χ1) is 13.8. The number of nitrogens with one attached hydrogen (secondary N) is 2. The van der Waals surface area contributed by atoms with E-state index in [1.807, 2.05) is 0 Å². The largest absolute Gasteiger partial charge is 0.497 e. The van der Waals surface area contributed by atoms with Crippen molar-refractivity contribution in [3.05, 3.63) is 53.6 Å². The second-order valence-electron chi connectivity index (χ2n) is 6.33. The molecule has 0 spiro atoms. The molecule has 0 saturated carbocycles. The van der Waals surface area contributed by atoms with E-state index in [0.717, 1.165) is 0 Å². The summed E-state index contributed by atoms with van der Waals surface area (Å²) in [6, 6.07) is 10.3. The maximum absolute atomic E-state index is 12.4. The van der Waals surface area contributed by atoms with E-state index in [4.69, 9.17) is 9.47 Å². The Labute approximate surface area is 171 Å². The van der Waals surface area contributed by atoms with E-state index in [9.17, 15) is 13.2 Å². The van der Waals surface area contributed by atoms with Crippen LogP contribution in [0.3, 0.4) is 0 Å². The van der Waals surface area contributed by atoms with E-state index in [2.05, 4.69) is 10.0 Å². The van der Waals surface area contributed by atoms with Crippen molar-refractivity contribution in [3.63, 3.8) is 0 Å². The van der Waals surface area contributed by atoms with Crippen molar-refractivity contribution < 1.29 is 22.7 Å². The molecule has 0 aliphatic rings. The van der Waals surface area contributed by atoms with Crippen LogP contribution in [0.15, 0.2) is 42.5 Å². The minimum Gasteiger partial charge on any atom is -0.497 e. The standard InChI is InChI=1S/C21H26N2O5S/c1-5-13-29(25,26)23-19-8-6-7-18(15(19)2)22-21(24)12-9-16-14-17(27-3)10-11-20(16)28-4/h6-12,14,23H,5,13H2,1-4H3,(H,22,24)/b12-9+. The number of rotatable bonds is 9. The Bertz CT molecular complexity index is 1000. The third-order valence-corrected chi connectivity index (χ3v) is 5.66. The lowest BCUT2D eigenvalue weighted by molar-refractivity contribution is -0.111. The van der Waals surface area contributed by atoms with Crippen LogP contribution in [0.5, 0.6) is 11.5 Å². The molecule has 0 heterocycles. The maximum atomic E-state index is 12.4. The van der Waals surface area contributed by atoms with Gasteiger partial charge in [0.05, 0.1) is 25.7 Å². The molecule has 0 aromatic heterocycles. The van der Waals surface area contributed by atoms with Crippen LogP contribution in [0.1, 0.15) is 24.5 Å². The van der Waals surface area contributed by atoms with Gasteiger partial charge >= 0.3 is 0 Å². The van der Waals surface area contributed by atoms with Crippen molar-refractivity contribution in [2.24, 2.45) is 0 Å². The second-order valence-corrected chi connectivity index (χ2v) is 8.17. The van der Waals surface area contributed by atoms with Gasteiger partial charge in [0.2, 0.25) is 15.9 Å². The molecule has 0 radical (unpaired) electrons. The van der Waals surface area contributed by atoms with E-state index < -0.39 is 10.0 Å². The van der Waals surface area contributed by atoms with Gasteiger partial charge in [-0.3, -0.25) is 9.52 Å². The van der Waals surface area contributed by atoms with Crippen LogP contribution in [-0.4, -0.2) is 34.3 Å². The van der Waals surface area contributed by atoms with Gasteiger partial charge < -0.3 is 14.8 Å². The normalized spacial score (nSPS) is 11.3. The van der Waals surface area contributed by atoms with E-state index >= 15 is 0 Å². The molecule has 0 aliphatic heterocycles. The number of carbonyl (C=O) groups excluding carboxylic acids is 1. The van der Waals surface area contributed by atoms with Crippen LogP contribution in [-0.2, 0) is 14.8 Å². The number of hydrogen-bond donors (Lipinski definition) is 2. The SMILES string of the molecule is CCCS(=O)(=O)Nc1cccc(NC(=O)/C=C/c2cc(OC)ccc2OC)c1C. The number of methoxy groups -OCH3 is 2. The molecule has 0 aliphatic carbocycles. The summed E-state index contributed by atoms with van der Waals surface area (Å²) < 4.78 is 37.1. The predicted octanol–water partition coefficient (Wildman–Crippen LogP) is 3.82. The molecule has 2 rings (SSSR count). The monoisotopic (exact) mass is 418 g/mol. The van der Waals surface area contributed by atoms with Gasteiger partial charge in [0, 0.05) is 17.3 Å². The summed E-state index contributed by atoms with van der Waals surface area (Å²) in [6.07, 6.45) is 3.52. The van der Waals surface area contributed by atoms with Crippen LogP contribution in [0, 0.1) is 6.92 Å². The molecule has 0 unspecified atom stereocenters. The summed E-state index contributed by atoms with van der Waals surface area (Å²) in [5.74, 6) is 0.937. The summed E-state index contributed by atoms with van der Waals surface area (Å²) in [5, 5.41) is 2.77. The number of anilines is 2. The summed E-state index contributed by atoms with van der Waals surface area (Å²) in [4.78, 5) is 12.4. The highest BCUT2D eigenvalue weighted by atomic mass is 32.2. The average Bonchev–Trinajstić information content (AvgIpc) is 2.69. The van der Waals surface area contributed by atoms with Crippen molar-refractivity contribution in [1.29, 1.82) is 0 Å². The van der Waals surface area contributed by atoms with Crippen LogP contribution < -0.4 is 19.5 Å². The second kappa shape index (κ2) is 9.97. The summed E-state index contributed by atoms with van der Waals surface area (Å²) >= 11 is 0. The topological polar surface area (TPSA) is 93.7 Å². The quantitative estimate of drug-likeness (QED) is 0.604. The van der Waals surface area contributed by atoms with Crippen LogP contribution >= 0.6 is 0 Å². The predicted molar refractivity (Wildman–Crippen MR) is 116 cm³/mol. The lowest BCUT2D eigenvalue weighted by atomic mass is 10.1. The van der Waals surface area contributed by atoms with Gasteiger partial charge in [0.15, 0.2) is 0 Å². The van der Waals surface area contributed by atoms with Gasteiger partial charge in [0.25, 0.3) is 0 Å². The van der Waals surface area contributed by atoms with Crippen molar-refractivity contribution >= 4 is 33.4 Å². The molecule has 0 fully saturated rings. The molecule has 29 heavy (non-hydrogen) atoms. The Morgan fingerprint density at radius 2 is 1.83 bits per heavy atom. The van der Waals surface area contributed by atoms with Crippen molar-refractivity contribution in [2.75, 3.05) is 30.0 Å². The molecule has 156 valence electrons. The van der Waals surface area contributed by atoms with E-state index in [-0.39, 0.29) is 11.7 Å². The zero-order valence-electron chi connectivity index (χ0n) is 17.0. The van der Waals surface area contributed by atoms with Crippen LogP contribution in [0.2, 0.25) is 0 Å². The minimum atomic E-state index is -3.42. The molecule has 0 atom stereocenters. The third-order valence-electron chi connectivity index (χ3n) is 4.18. The molecule has 8 heteroatoms. The van der Waals surface area contributed by atoms with E-state index in [0.29, 0.717) is 40.4 Å². The van der Waals surface area contributed by atoms with Gasteiger partial charge in [-0.25, -0.2) is 8.42 Å². The fourth-order valence-corrected chi connectivity index (χ4v) is 3.87. The fraction of sp³-hybridized carbons (Fsp3) is 0.286. The van der Waals surface area contributed by atoms with Gasteiger partial charge in [-0.1, -0.05) is 13.0 Å². The molecule has 2 aromatic rings. The molecule has 0 saturated heterocycles.